The molecule has 7 heteroatoms. The zero-order chi connectivity index (χ0) is 63.4. The molecular weight excluding hydrogens is 1170 g/mol. The van der Waals surface area contributed by atoms with Crippen LogP contribution in [0.1, 0.15) is 0 Å². The fourth-order valence-electron chi connectivity index (χ4n) is 17.4. The maximum absolute atomic E-state index is 2.62. The molecule has 0 saturated heterocycles. The standard InChI is InChI=1S/C90H57B2N5/c1-7-28-58(29-8-1)64-40-23-41-65(59-30-9-2-10-31-59)88(64)95-76-48-21-19-46-72(76)91-74-54-70-68-44-25-45-69-71-55-75-85(57-83(71)97(90(68)69)82(70)56-84(74)93(62-36-15-5-16-37-62)78-50-26-52-80(95)86(78)91)94(63-38-17-6-18-39-63)79-51-27-53-81-87(79)92(75)73-47-20-22-49-77(73)96(81)89-66(60-32-11-3-12-33-60)42-24-43-67(89)61-34-13-4-14-35-61/h1-57H. The second-order valence-corrected chi connectivity index (χ2v) is 26.2. The van der Waals surface area contributed by atoms with E-state index >= 15 is 0 Å². The Hall–Kier alpha value is -12.6. The van der Waals surface area contributed by atoms with E-state index in [4.69, 9.17) is 0 Å². The largest absolute Gasteiger partial charge is 0.311 e. The maximum Gasteiger partial charge on any atom is 0.252 e. The number of nitrogens with zero attached hydrogens (tertiary/aromatic N) is 5. The lowest BCUT2D eigenvalue weighted by Crippen LogP contribution is -2.61. The van der Waals surface area contributed by atoms with Crippen LogP contribution in [0, 0.1) is 0 Å². The Kier molecular flexibility index (Phi) is 11.6. The van der Waals surface area contributed by atoms with E-state index in [1.54, 1.807) is 0 Å². The number of hydrogen-bond acceptors (Lipinski definition) is 4. The molecule has 6 heterocycles. The van der Waals surface area contributed by atoms with Gasteiger partial charge in [-0.1, -0.05) is 273 Å². The van der Waals surface area contributed by atoms with E-state index in [2.05, 4.69) is 370 Å². The van der Waals surface area contributed by atoms with Gasteiger partial charge in [-0.25, -0.2) is 0 Å². The summed E-state index contributed by atoms with van der Waals surface area (Å²) in [5, 5.41) is 4.99. The molecule has 17 aromatic rings. The highest BCUT2D eigenvalue weighted by atomic mass is 15.2. The Morgan fingerprint density at radius 1 is 0.206 bits per heavy atom. The van der Waals surface area contributed by atoms with Gasteiger partial charge in [0, 0.05) is 101 Å². The average Bonchev–Trinajstić information content (AvgIpc) is 1.67. The Labute approximate surface area is 563 Å². The molecule has 448 valence electrons. The molecule has 4 aliphatic rings. The molecule has 2 aromatic heterocycles. The minimum atomic E-state index is -0.0821. The molecule has 0 amide bonds. The third-order valence-corrected chi connectivity index (χ3v) is 21.2. The molecule has 0 spiro atoms. The number of benzene rings is 15. The van der Waals surface area contributed by atoms with Crippen molar-refractivity contribution in [2.75, 3.05) is 19.6 Å². The van der Waals surface area contributed by atoms with Crippen molar-refractivity contribution in [3.63, 3.8) is 0 Å². The first-order chi connectivity index (χ1) is 48.2. The molecule has 0 fully saturated rings. The summed E-state index contributed by atoms with van der Waals surface area (Å²) >= 11 is 0. The fraction of sp³-hybridized carbons (Fsp3) is 0. The average molecular weight is 1230 g/mol. The topological polar surface area (TPSA) is 17.4 Å². The van der Waals surface area contributed by atoms with Crippen molar-refractivity contribution in [2.45, 2.75) is 0 Å². The SMILES string of the molecule is c1ccc(-c2cccc(-c3ccccc3)c2N2c3ccccc3B3c4cc5c6cccc7c8cc9c(cc8n(c5cc4N(c4ccccc4)c4cccc2c43)c67)N(c2ccccc2)c2cccc3c2B9c2ccccc2N3c2c(-c3ccccc3)cccc2-c2ccccc2)cc1. The van der Waals surface area contributed by atoms with Crippen LogP contribution < -0.4 is 52.4 Å². The molecule has 5 nitrogen and oxygen atoms in total. The van der Waals surface area contributed by atoms with Gasteiger partial charge in [-0.05, 0) is 128 Å². The zero-order valence-corrected chi connectivity index (χ0v) is 52.8. The minimum Gasteiger partial charge on any atom is -0.311 e. The molecule has 97 heavy (non-hydrogen) atoms. The molecule has 0 bridgehead atoms. The summed E-state index contributed by atoms with van der Waals surface area (Å²) < 4.78 is 2.62. The van der Waals surface area contributed by atoms with Crippen molar-refractivity contribution >= 4 is 153 Å². The third kappa shape index (κ3) is 7.74. The van der Waals surface area contributed by atoms with Crippen molar-refractivity contribution in [2.24, 2.45) is 0 Å². The number of rotatable bonds is 8. The lowest BCUT2D eigenvalue weighted by Gasteiger charge is -2.45. The van der Waals surface area contributed by atoms with Crippen molar-refractivity contribution < 1.29 is 0 Å². The summed E-state index contributed by atoms with van der Waals surface area (Å²) in [5.41, 5.74) is 34.7. The molecule has 0 radical (unpaired) electrons. The van der Waals surface area contributed by atoms with Crippen LogP contribution >= 0.6 is 0 Å². The smallest absolute Gasteiger partial charge is 0.252 e. The number of fused-ring (bicyclic) bond motifs is 14. The summed E-state index contributed by atoms with van der Waals surface area (Å²) in [5.74, 6) is 0. The maximum atomic E-state index is 2.62. The quantitative estimate of drug-likeness (QED) is 0.141. The molecule has 0 aliphatic carbocycles. The van der Waals surface area contributed by atoms with E-state index in [1.165, 1.54) is 161 Å². The van der Waals surface area contributed by atoms with Gasteiger partial charge in [-0.15, -0.1) is 0 Å². The van der Waals surface area contributed by atoms with Crippen molar-refractivity contribution in [3.8, 4) is 44.5 Å². The van der Waals surface area contributed by atoms with E-state index in [0.717, 1.165) is 22.7 Å². The van der Waals surface area contributed by atoms with Crippen LogP contribution in [0.2, 0.25) is 0 Å². The van der Waals surface area contributed by atoms with Crippen LogP contribution in [0.15, 0.2) is 346 Å². The summed E-state index contributed by atoms with van der Waals surface area (Å²) in [6.07, 6.45) is 0. The second kappa shape index (κ2) is 21.0. The van der Waals surface area contributed by atoms with Crippen LogP contribution in [0.4, 0.5) is 68.2 Å². The Balaban J connectivity index is 0.805. The number of hydrogen-bond donors (Lipinski definition) is 0. The predicted octanol–water partition coefficient (Wildman–Crippen LogP) is 19.7. The number of para-hydroxylation sites is 7. The summed E-state index contributed by atoms with van der Waals surface area (Å²) in [7, 11) is 0. The molecule has 0 atom stereocenters. The highest BCUT2D eigenvalue weighted by Gasteiger charge is 2.47. The predicted molar refractivity (Wildman–Crippen MR) is 411 cm³/mol. The first-order valence-corrected chi connectivity index (χ1v) is 33.7. The molecular formula is C90H57B2N5. The van der Waals surface area contributed by atoms with Gasteiger partial charge in [-0.3, -0.25) is 0 Å². The Morgan fingerprint density at radius 2 is 0.505 bits per heavy atom. The zero-order valence-electron chi connectivity index (χ0n) is 52.8. The van der Waals surface area contributed by atoms with Crippen LogP contribution in [-0.4, -0.2) is 17.8 Å². The number of aromatic nitrogens is 1. The first-order valence-electron chi connectivity index (χ1n) is 33.7. The van der Waals surface area contributed by atoms with E-state index in [9.17, 15) is 0 Å². The van der Waals surface area contributed by atoms with Crippen molar-refractivity contribution in [1.82, 2.24) is 4.40 Å². The number of anilines is 12. The van der Waals surface area contributed by atoms with Gasteiger partial charge in [0.25, 0.3) is 13.4 Å². The van der Waals surface area contributed by atoms with Gasteiger partial charge in [0.2, 0.25) is 0 Å². The van der Waals surface area contributed by atoms with Gasteiger partial charge < -0.3 is 24.0 Å². The van der Waals surface area contributed by atoms with Gasteiger partial charge in [0.1, 0.15) is 0 Å². The second-order valence-electron chi connectivity index (χ2n) is 26.2. The molecule has 0 N–H and O–H groups in total. The highest BCUT2D eigenvalue weighted by Crippen LogP contribution is 2.54. The molecule has 21 rings (SSSR count). The van der Waals surface area contributed by atoms with Crippen LogP contribution in [-0.2, 0) is 0 Å². The van der Waals surface area contributed by atoms with Gasteiger partial charge in [0.05, 0.1) is 27.9 Å². The molecule has 15 aromatic carbocycles. The monoisotopic (exact) mass is 1230 g/mol. The Bertz CT molecular complexity index is 5560. The van der Waals surface area contributed by atoms with Crippen molar-refractivity contribution in [3.05, 3.63) is 346 Å². The molecule has 0 saturated carbocycles. The van der Waals surface area contributed by atoms with Crippen LogP contribution in [0.25, 0.3) is 82.6 Å². The van der Waals surface area contributed by atoms with Gasteiger partial charge >= 0.3 is 0 Å². The van der Waals surface area contributed by atoms with Crippen molar-refractivity contribution in [1.29, 1.82) is 0 Å². The van der Waals surface area contributed by atoms with Crippen LogP contribution in [0.3, 0.4) is 0 Å². The molecule has 0 unspecified atom stereocenters. The lowest BCUT2D eigenvalue weighted by molar-refractivity contribution is 1.25. The minimum absolute atomic E-state index is 0.0821. The van der Waals surface area contributed by atoms with E-state index in [-0.39, 0.29) is 13.4 Å². The summed E-state index contributed by atoms with van der Waals surface area (Å²) in [6.45, 7) is -0.164. The summed E-state index contributed by atoms with van der Waals surface area (Å²) in [4.78, 5) is 10.3. The van der Waals surface area contributed by atoms with E-state index < -0.39 is 0 Å². The Morgan fingerprint density at radius 3 is 0.876 bits per heavy atom. The lowest BCUT2D eigenvalue weighted by atomic mass is 9.33. The summed E-state index contributed by atoms with van der Waals surface area (Å²) in [6, 6.07) is 129. The van der Waals surface area contributed by atoms with E-state index in [1.807, 2.05) is 0 Å². The van der Waals surface area contributed by atoms with Gasteiger partial charge in [0.15, 0.2) is 0 Å². The normalized spacial score (nSPS) is 13.2. The first kappa shape index (κ1) is 53.9. The van der Waals surface area contributed by atoms with E-state index in [0.29, 0.717) is 0 Å². The van der Waals surface area contributed by atoms with Gasteiger partial charge in [-0.2, -0.15) is 0 Å². The fourth-order valence-corrected chi connectivity index (χ4v) is 17.4. The van der Waals surface area contributed by atoms with Crippen LogP contribution in [0.5, 0.6) is 0 Å². The highest BCUT2D eigenvalue weighted by molar-refractivity contribution is 7.01. The third-order valence-electron chi connectivity index (χ3n) is 21.2. The molecule has 4 aliphatic heterocycles.